The second-order valence-electron chi connectivity index (χ2n) is 7.40. The number of pyridine rings is 1. The molecule has 3 rings (SSSR count). The molecule has 152 valence electrons. The van der Waals surface area contributed by atoms with Crippen LogP contribution < -0.4 is 5.32 Å². The first-order chi connectivity index (χ1) is 14.0. The largest absolute Gasteiger partial charge is 0.384 e. The smallest absolute Gasteiger partial charge is 0.246 e. The highest BCUT2D eigenvalue weighted by atomic mass is 16.5. The summed E-state index contributed by atoms with van der Waals surface area (Å²) in [6.45, 7) is 2.03. The number of ether oxygens (including phenoxy) is 1. The second-order valence-corrected chi connectivity index (χ2v) is 7.40. The van der Waals surface area contributed by atoms with Crippen LogP contribution in [-0.2, 0) is 21.4 Å². The van der Waals surface area contributed by atoms with Crippen molar-refractivity contribution >= 4 is 24.0 Å². The van der Waals surface area contributed by atoms with Crippen LogP contribution >= 0.6 is 0 Å². The zero-order chi connectivity index (χ0) is 20.7. The van der Waals surface area contributed by atoms with Gasteiger partial charge in [-0.1, -0.05) is 0 Å². The number of nitrogens with zero attached hydrogens (tertiary/aromatic N) is 3. The van der Waals surface area contributed by atoms with E-state index < -0.39 is 0 Å². The van der Waals surface area contributed by atoms with Crippen LogP contribution in [0, 0.1) is 5.41 Å². The summed E-state index contributed by atoms with van der Waals surface area (Å²) in [7, 11) is 3.57. The van der Waals surface area contributed by atoms with Crippen LogP contribution in [0.2, 0.25) is 0 Å². The Hall–Kier alpha value is -3.19. The SMILES string of the molecule is COCC1(CNC(=O)/C=C/c2ccncc2)CN(C(=O)/C=C/c2ccn(C)c2)C1. The van der Waals surface area contributed by atoms with Gasteiger partial charge in [-0.15, -0.1) is 0 Å². The third-order valence-corrected chi connectivity index (χ3v) is 4.86. The highest BCUT2D eigenvalue weighted by Crippen LogP contribution is 2.30. The van der Waals surface area contributed by atoms with Crippen molar-refractivity contribution in [1.29, 1.82) is 0 Å². The van der Waals surface area contributed by atoms with Crippen molar-refractivity contribution in [3.8, 4) is 0 Å². The molecule has 1 saturated heterocycles. The molecule has 0 bridgehead atoms. The van der Waals surface area contributed by atoms with Crippen molar-refractivity contribution in [1.82, 2.24) is 19.8 Å². The average molecular weight is 394 g/mol. The van der Waals surface area contributed by atoms with E-state index in [0.717, 1.165) is 11.1 Å². The lowest BCUT2D eigenvalue weighted by Crippen LogP contribution is -2.64. The minimum Gasteiger partial charge on any atom is -0.384 e. The molecular formula is C22H26N4O3. The molecule has 1 aliphatic heterocycles. The number of methoxy groups -OCH3 is 1. The summed E-state index contributed by atoms with van der Waals surface area (Å²) in [5, 5.41) is 2.92. The normalized spacial score (nSPS) is 15.6. The van der Waals surface area contributed by atoms with Crippen molar-refractivity contribution in [2.75, 3.05) is 33.4 Å². The molecule has 0 unspecified atom stereocenters. The summed E-state index contributed by atoms with van der Waals surface area (Å²) in [6.07, 6.45) is 13.9. The molecule has 1 N–H and O–H groups in total. The van der Waals surface area contributed by atoms with E-state index in [2.05, 4.69) is 10.3 Å². The molecule has 0 aliphatic carbocycles. The van der Waals surface area contributed by atoms with E-state index in [4.69, 9.17) is 4.74 Å². The minimum atomic E-state index is -0.259. The van der Waals surface area contributed by atoms with Crippen LogP contribution in [-0.4, -0.2) is 59.6 Å². The number of aromatic nitrogens is 2. The van der Waals surface area contributed by atoms with Crippen LogP contribution in [0.5, 0.6) is 0 Å². The van der Waals surface area contributed by atoms with E-state index in [-0.39, 0.29) is 17.2 Å². The topological polar surface area (TPSA) is 76.5 Å². The molecule has 1 aliphatic rings. The number of carbonyl (C=O) groups excluding carboxylic acids is 2. The zero-order valence-electron chi connectivity index (χ0n) is 16.7. The number of carbonyl (C=O) groups is 2. The molecule has 0 atom stereocenters. The Kier molecular flexibility index (Phi) is 6.61. The predicted octanol–water partition coefficient (Wildman–Crippen LogP) is 1.74. The summed E-state index contributed by atoms with van der Waals surface area (Å²) < 4.78 is 7.27. The summed E-state index contributed by atoms with van der Waals surface area (Å²) in [6, 6.07) is 5.60. The van der Waals surface area contributed by atoms with Gasteiger partial charge in [-0.05, 0) is 41.5 Å². The quantitative estimate of drug-likeness (QED) is 0.692. The predicted molar refractivity (Wildman–Crippen MR) is 112 cm³/mol. The standard InChI is InChI=1S/C22H26N4O3/c1-25-12-9-19(13-25)4-6-21(28)26-15-22(16-26,17-29-2)14-24-20(27)5-3-18-7-10-23-11-8-18/h3-13H,14-17H2,1-2H3,(H,24,27)/b5-3+,6-4+. The summed E-state index contributed by atoms with van der Waals surface area (Å²) in [4.78, 5) is 30.2. The zero-order valence-corrected chi connectivity index (χ0v) is 16.7. The lowest BCUT2D eigenvalue weighted by Gasteiger charge is -2.49. The molecule has 7 nitrogen and oxygen atoms in total. The monoisotopic (exact) mass is 394 g/mol. The van der Waals surface area contributed by atoms with E-state index in [0.29, 0.717) is 26.2 Å². The first kappa shape index (κ1) is 20.5. The van der Waals surface area contributed by atoms with E-state index >= 15 is 0 Å². The summed E-state index contributed by atoms with van der Waals surface area (Å²) >= 11 is 0. The number of likely N-dealkylation sites (tertiary alicyclic amines) is 1. The van der Waals surface area contributed by atoms with Gasteiger partial charge < -0.3 is 19.5 Å². The Morgan fingerprint density at radius 1 is 1.17 bits per heavy atom. The molecule has 29 heavy (non-hydrogen) atoms. The highest BCUT2D eigenvalue weighted by molar-refractivity contribution is 5.93. The van der Waals surface area contributed by atoms with Gasteiger partial charge in [0.2, 0.25) is 11.8 Å². The van der Waals surface area contributed by atoms with Gasteiger partial charge in [0.05, 0.1) is 6.61 Å². The Morgan fingerprint density at radius 2 is 1.90 bits per heavy atom. The molecule has 2 amide bonds. The van der Waals surface area contributed by atoms with Crippen LogP contribution in [0.3, 0.4) is 0 Å². The summed E-state index contributed by atoms with van der Waals surface area (Å²) in [5.74, 6) is -0.212. The molecular weight excluding hydrogens is 368 g/mol. The van der Waals surface area contributed by atoms with Crippen LogP contribution in [0.1, 0.15) is 11.1 Å². The maximum absolute atomic E-state index is 12.4. The number of amides is 2. The van der Waals surface area contributed by atoms with Crippen molar-refractivity contribution in [3.63, 3.8) is 0 Å². The van der Waals surface area contributed by atoms with Crippen molar-refractivity contribution in [2.45, 2.75) is 0 Å². The van der Waals surface area contributed by atoms with Gasteiger partial charge in [0, 0.05) is 76.1 Å². The van der Waals surface area contributed by atoms with E-state index in [1.165, 1.54) is 6.08 Å². The molecule has 0 spiro atoms. The van der Waals surface area contributed by atoms with Crippen LogP contribution in [0.25, 0.3) is 12.2 Å². The van der Waals surface area contributed by atoms with Gasteiger partial charge in [-0.3, -0.25) is 14.6 Å². The third-order valence-electron chi connectivity index (χ3n) is 4.86. The maximum atomic E-state index is 12.4. The Balaban J connectivity index is 1.49. The van der Waals surface area contributed by atoms with Gasteiger partial charge in [0.1, 0.15) is 0 Å². The van der Waals surface area contributed by atoms with Crippen molar-refractivity contribution in [2.24, 2.45) is 12.5 Å². The number of hydrogen-bond acceptors (Lipinski definition) is 4. The minimum absolute atomic E-state index is 0.0375. The van der Waals surface area contributed by atoms with Crippen LogP contribution in [0.15, 0.2) is 55.1 Å². The first-order valence-electron chi connectivity index (χ1n) is 9.44. The average Bonchev–Trinajstić information content (AvgIpc) is 3.12. The van der Waals surface area contributed by atoms with E-state index in [1.807, 2.05) is 48.3 Å². The molecule has 0 radical (unpaired) electrons. The molecule has 2 aromatic heterocycles. The molecule has 3 heterocycles. The lowest BCUT2D eigenvalue weighted by molar-refractivity contribution is -0.141. The molecule has 7 heteroatoms. The van der Waals surface area contributed by atoms with Crippen molar-refractivity contribution < 1.29 is 14.3 Å². The van der Waals surface area contributed by atoms with Crippen molar-refractivity contribution in [3.05, 3.63) is 66.3 Å². The Morgan fingerprint density at radius 3 is 2.55 bits per heavy atom. The van der Waals surface area contributed by atoms with Gasteiger partial charge in [-0.25, -0.2) is 0 Å². The number of rotatable bonds is 8. The Labute approximate surface area is 170 Å². The van der Waals surface area contributed by atoms with Gasteiger partial charge in [-0.2, -0.15) is 0 Å². The molecule has 2 aromatic rings. The van der Waals surface area contributed by atoms with Crippen LogP contribution in [0.4, 0.5) is 0 Å². The molecule has 1 fully saturated rings. The molecule has 0 saturated carbocycles. The van der Waals surface area contributed by atoms with E-state index in [1.54, 1.807) is 36.6 Å². The number of hydrogen-bond donors (Lipinski definition) is 1. The van der Waals surface area contributed by atoms with Gasteiger partial charge in [0.15, 0.2) is 0 Å². The number of nitrogens with one attached hydrogen (secondary N) is 1. The Bertz CT molecular complexity index is 896. The first-order valence-corrected chi connectivity index (χ1v) is 9.44. The maximum Gasteiger partial charge on any atom is 0.246 e. The van der Waals surface area contributed by atoms with E-state index in [9.17, 15) is 9.59 Å². The highest BCUT2D eigenvalue weighted by Gasteiger charge is 2.44. The summed E-state index contributed by atoms with van der Waals surface area (Å²) in [5.41, 5.74) is 1.63. The fourth-order valence-corrected chi connectivity index (χ4v) is 3.36. The fourth-order valence-electron chi connectivity index (χ4n) is 3.36. The molecule has 0 aromatic carbocycles. The van der Waals surface area contributed by atoms with Gasteiger partial charge >= 0.3 is 0 Å². The fraction of sp³-hybridized carbons (Fsp3) is 0.318. The third kappa shape index (κ3) is 5.65. The second kappa shape index (κ2) is 9.34. The number of aryl methyl sites for hydroxylation is 1. The lowest BCUT2D eigenvalue weighted by atomic mass is 9.80. The van der Waals surface area contributed by atoms with Gasteiger partial charge in [0.25, 0.3) is 0 Å².